The molecule has 1 aromatic heterocycles. The van der Waals surface area contributed by atoms with Crippen LogP contribution in [-0.4, -0.2) is 23.1 Å². The molecule has 0 fully saturated rings. The maximum atomic E-state index is 5.58. The highest BCUT2D eigenvalue weighted by molar-refractivity contribution is 5.42. The smallest absolute Gasteiger partial charge is 0.225 e. The van der Waals surface area contributed by atoms with E-state index in [-0.39, 0.29) is 5.95 Å². The van der Waals surface area contributed by atoms with Crippen LogP contribution in [0.25, 0.3) is 0 Å². The lowest BCUT2D eigenvalue weighted by molar-refractivity contribution is 0.295. The van der Waals surface area contributed by atoms with E-state index in [1.807, 2.05) is 6.92 Å². The van der Waals surface area contributed by atoms with E-state index in [0.29, 0.717) is 18.3 Å². The Morgan fingerprint density at radius 2 is 2.12 bits per heavy atom. The Balaban J connectivity index is 2.51. The van der Waals surface area contributed by atoms with Crippen molar-refractivity contribution in [3.05, 3.63) is 6.07 Å². The molecular weight excluding hydrogens is 204 g/mol. The summed E-state index contributed by atoms with van der Waals surface area (Å²) in [4.78, 5) is 8.06. The van der Waals surface area contributed by atoms with Crippen LogP contribution in [0, 0.1) is 0 Å². The second kappa shape index (κ2) is 6.87. The highest BCUT2D eigenvalue weighted by atomic mass is 16.5. The molecule has 0 aromatic carbocycles. The Labute approximate surface area is 96.4 Å². The largest absolute Gasteiger partial charge is 0.477 e. The van der Waals surface area contributed by atoms with Gasteiger partial charge in [0.15, 0.2) is 0 Å². The molecule has 5 heteroatoms. The molecule has 0 atom stereocenters. The molecule has 0 unspecified atom stereocenters. The van der Waals surface area contributed by atoms with Crippen LogP contribution < -0.4 is 15.8 Å². The Kier molecular flexibility index (Phi) is 5.39. The number of hydrogen-bond donors (Lipinski definition) is 2. The zero-order chi connectivity index (χ0) is 11.8. The van der Waals surface area contributed by atoms with Gasteiger partial charge in [-0.25, -0.2) is 0 Å². The fourth-order valence-electron chi connectivity index (χ4n) is 1.32. The normalized spacial score (nSPS) is 10.1. The predicted octanol–water partition coefficient (Wildman–Crippen LogP) is 2.06. The molecule has 0 radical (unpaired) electrons. The van der Waals surface area contributed by atoms with Gasteiger partial charge in [0.1, 0.15) is 5.82 Å². The Hall–Kier alpha value is -1.52. The average molecular weight is 224 g/mol. The van der Waals surface area contributed by atoms with Crippen molar-refractivity contribution >= 4 is 11.8 Å². The van der Waals surface area contributed by atoms with Gasteiger partial charge in [0.25, 0.3) is 0 Å². The molecule has 0 bridgehead atoms. The number of nitrogens with two attached hydrogens (primary N) is 1. The van der Waals surface area contributed by atoms with E-state index in [9.17, 15) is 0 Å². The van der Waals surface area contributed by atoms with Gasteiger partial charge in [-0.2, -0.15) is 9.97 Å². The number of rotatable bonds is 7. The van der Waals surface area contributed by atoms with Crippen molar-refractivity contribution in [3.8, 4) is 5.88 Å². The van der Waals surface area contributed by atoms with E-state index in [4.69, 9.17) is 10.5 Å². The van der Waals surface area contributed by atoms with Crippen molar-refractivity contribution in [1.29, 1.82) is 0 Å². The first kappa shape index (κ1) is 12.5. The lowest BCUT2D eigenvalue weighted by Gasteiger charge is -2.08. The number of nitrogen functional groups attached to an aromatic ring is 1. The van der Waals surface area contributed by atoms with Gasteiger partial charge >= 0.3 is 0 Å². The van der Waals surface area contributed by atoms with Gasteiger partial charge in [0.05, 0.1) is 6.61 Å². The number of aromatic nitrogens is 2. The molecule has 0 amide bonds. The molecular formula is C11H20N4O. The molecule has 0 spiro atoms. The van der Waals surface area contributed by atoms with E-state index >= 15 is 0 Å². The third kappa shape index (κ3) is 4.33. The molecule has 0 saturated carbocycles. The van der Waals surface area contributed by atoms with Gasteiger partial charge < -0.3 is 15.8 Å². The fourth-order valence-corrected chi connectivity index (χ4v) is 1.32. The summed E-state index contributed by atoms with van der Waals surface area (Å²) >= 11 is 0. The van der Waals surface area contributed by atoms with Crippen LogP contribution in [0.15, 0.2) is 6.07 Å². The fraction of sp³-hybridized carbons (Fsp3) is 0.636. The second-order valence-corrected chi connectivity index (χ2v) is 3.54. The highest BCUT2D eigenvalue weighted by Gasteiger charge is 2.02. The molecule has 0 aliphatic carbocycles. The number of ether oxygens (including phenoxy) is 1. The molecule has 0 aliphatic heterocycles. The van der Waals surface area contributed by atoms with Crippen molar-refractivity contribution in [1.82, 2.24) is 9.97 Å². The van der Waals surface area contributed by atoms with Crippen LogP contribution in [0.3, 0.4) is 0 Å². The molecule has 1 heterocycles. The first-order valence-electron chi connectivity index (χ1n) is 5.77. The van der Waals surface area contributed by atoms with Crippen LogP contribution in [0.4, 0.5) is 11.8 Å². The molecule has 16 heavy (non-hydrogen) atoms. The van der Waals surface area contributed by atoms with E-state index < -0.39 is 0 Å². The van der Waals surface area contributed by atoms with Crippen LogP contribution in [0.1, 0.15) is 33.1 Å². The SMILES string of the molecule is CCCCCOc1cc(NCC)nc(N)n1. The molecule has 0 aliphatic rings. The Morgan fingerprint density at radius 1 is 1.31 bits per heavy atom. The number of anilines is 2. The zero-order valence-corrected chi connectivity index (χ0v) is 9.99. The van der Waals surface area contributed by atoms with Gasteiger partial charge in [-0.15, -0.1) is 0 Å². The summed E-state index contributed by atoms with van der Waals surface area (Å²) in [6.45, 7) is 5.63. The third-order valence-electron chi connectivity index (χ3n) is 2.08. The van der Waals surface area contributed by atoms with Crippen LogP contribution in [-0.2, 0) is 0 Å². The van der Waals surface area contributed by atoms with Crippen molar-refractivity contribution in [2.75, 3.05) is 24.2 Å². The number of unbranched alkanes of at least 4 members (excludes halogenated alkanes) is 2. The van der Waals surface area contributed by atoms with Crippen molar-refractivity contribution < 1.29 is 4.74 Å². The Morgan fingerprint density at radius 3 is 2.81 bits per heavy atom. The average Bonchev–Trinajstić information content (AvgIpc) is 2.24. The number of nitrogens with zero attached hydrogens (tertiary/aromatic N) is 2. The summed E-state index contributed by atoms with van der Waals surface area (Å²) in [6, 6.07) is 1.77. The zero-order valence-electron chi connectivity index (χ0n) is 9.99. The second-order valence-electron chi connectivity index (χ2n) is 3.54. The van der Waals surface area contributed by atoms with E-state index in [1.54, 1.807) is 6.07 Å². The van der Waals surface area contributed by atoms with Crippen LogP contribution in [0.2, 0.25) is 0 Å². The van der Waals surface area contributed by atoms with Gasteiger partial charge in [0, 0.05) is 12.6 Å². The van der Waals surface area contributed by atoms with Gasteiger partial charge in [-0.05, 0) is 13.3 Å². The molecule has 1 rings (SSSR count). The number of nitrogens with one attached hydrogen (secondary N) is 1. The van der Waals surface area contributed by atoms with Gasteiger partial charge in [-0.1, -0.05) is 19.8 Å². The number of hydrogen-bond acceptors (Lipinski definition) is 5. The molecule has 0 saturated heterocycles. The first-order valence-corrected chi connectivity index (χ1v) is 5.77. The topological polar surface area (TPSA) is 73.1 Å². The van der Waals surface area contributed by atoms with Crippen molar-refractivity contribution in [2.24, 2.45) is 0 Å². The summed E-state index contributed by atoms with van der Waals surface area (Å²) in [5.41, 5.74) is 5.58. The minimum atomic E-state index is 0.240. The maximum Gasteiger partial charge on any atom is 0.225 e. The molecule has 3 N–H and O–H groups in total. The Bertz CT molecular complexity index is 317. The first-order chi connectivity index (χ1) is 7.76. The highest BCUT2D eigenvalue weighted by Crippen LogP contribution is 2.14. The predicted molar refractivity (Wildman–Crippen MR) is 65.6 cm³/mol. The lowest BCUT2D eigenvalue weighted by atomic mass is 10.3. The molecule has 1 aromatic rings. The van der Waals surface area contributed by atoms with Crippen LogP contribution >= 0.6 is 0 Å². The maximum absolute atomic E-state index is 5.58. The summed E-state index contributed by atoms with van der Waals surface area (Å²) < 4.78 is 5.50. The van der Waals surface area contributed by atoms with E-state index in [2.05, 4.69) is 22.2 Å². The minimum absolute atomic E-state index is 0.240. The minimum Gasteiger partial charge on any atom is -0.477 e. The van der Waals surface area contributed by atoms with Crippen LogP contribution in [0.5, 0.6) is 5.88 Å². The van der Waals surface area contributed by atoms with E-state index in [0.717, 1.165) is 13.0 Å². The van der Waals surface area contributed by atoms with Gasteiger partial charge in [-0.3, -0.25) is 0 Å². The third-order valence-corrected chi connectivity index (χ3v) is 2.08. The summed E-state index contributed by atoms with van der Waals surface area (Å²) in [7, 11) is 0. The summed E-state index contributed by atoms with van der Waals surface area (Å²) in [5.74, 6) is 1.49. The van der Waals surface area contributed by atoms with Gasteiger partial charge in [0.2, 0.25) is 11.8 Å². The van der Waals surface area contributed by atoms with Crippen molar-refractivity contribution in [3.63, 3.8) is 0 Å². The molecule has 90 valence electrons. The molecule has 5 nitrogen and oxygen atoms in total. The standard InChI is InChI=1S/C11H20N4O/c1-3-5-6-7-16-10-8-9(13-4-2)14-11(12)15-10/h8H,3-7H2,1-2H3,(H3,12,13,14,15). The lowest BCUT2D eigenvalue weighted by Crippen LogP contribution is -2.06. The summed E-state index contributed by atoms with van der Waals surface area (Å²) in [6.07, 6.45) is 3.38. The quantitative estimate of drug-likeness (QED) is 0.693. The van der Waals surface area contributed by atoms with E-state index in [1.165, 1.54) is 12.8 Å². The summed E-state index contributed by atoms with van der Waals surface area (Å²) in [5, 5.41) is 3.08. The van der Waals surface area contributed by atoms with Crippen molar-refractivity contribution in [2.45, 2.75) is 33.1 Å². The monoisotopic (exact) mass is 224 g/mol.